The molecule has 1 heterocycles. The third-order valence-electron chi connectivity index (χ3n) is 2.47. The van der Waals surface area contributed by atoms with Crippen molar-refractivity contribution in [2.45, 2.75) is 9.10 Å². The van der Waals surface area contributed by atoms with Crippen molar-refractivity contribution in [1.29, 1.82) is 0 Å². The van der Waals surface area contributed by atoms with Crippen LogP contribution in [0.3, 0.4) is 0 Å². The lowest BCUT2D eigenvalue weighted by atomic mass is 10.3. The number of benzene rings is 2. The molecule has 17 heavy (non-hydrogen) atoms. The Labute approximate surface area is 108 Å². The molecule has 2 nitrogen and oxygen atoms in total. The fourth-order valence-electron chi connectivity index (χ4n) is 1.61. The minimum atomic E-state index is 0.815. The lowest BCUT2D eigenvalue weighted by Crippen LogP contribution is -1.86. The second-order valence-electron chi connectivity index (χ2n) is 3.63. The largest absolute Gasteiger partial charge is 0.398 e. The first-order chi connectivity index (χ1) is 8.34. The van der Waals surface area contributed by atoms with Crippen LogP contribution in [0.4, 0.5) is 5.69 Å². The lowest BCUT2D eigenvalue weighted by Gasteiger charge is -2.02. The van der Waals surface area contributed by atoms with Gasteiger partial charge in [-0.25, -0.2) is 0 Å². The van der Waals surface area contributed by atoms with E-state index in [1.54, 1.807) is 11.8 Å². The summed E-state index contributed by atoms with van der Waals surface area (Å²) in [5.41, 5.74) is 7.81. The average molecular weight is 258 g/mol. The number of nitrogens with zero attached hydrogens (tertiary/aromatic N) is 1. The van der Waals surface area contributed by atoms with E-state index in [2.05, 4.69) is 10.4 Å². The predicted molar refractivity (Wildman–Crippen MR) is 74.6 cm³/mol. The molecule has 0 saturated heterocycles. The molecule has 0 bridgehead atoms. The van der Waals surface area contributed by atoms with E-state index in [1.165, 1.54) is 21.1 Å². The summed E-state index contributed by atoms with van der Waals surface area (Å²) in [5.74, 6) is 0. The van der Waals surface area contributed by atoms with Gasteiger partial charge in [-0.1, -0.05) is 42.1 Å². The van der Waals surface area contributed by atoms with Crippen LogP contribution in [0.5, 0.6) is 0 Å². The molecule has 84 valence electrons. The summed E-state index contributed by atoms with van der Waals surface area (Å²) in [7, 11) is 0. The first kappa shape index (κ1) is 10.6. The van der Waals surface area contributed by atoms with Gasteiger partial charge in [0.25, 0.3) is 0 Å². The Morgan fingerprint density at radius 3 is 2.65 bits per heavy atom. The minimum Gasteiger partial charge on any atom is -0.398 e. The van der Waals surface area contributed by atoms with E-state index in [9.17, 15) is 0 Å². The molecule has 0 aliphatic heterocycles. The van der Waals surface area contributed by atoms with Gasteiger partial charge in [-0.15, -0.1) is 0 Å². The van der Waals surface area contributed by atoms with Crippen molar-refractivity contribution < 1.29 is 0 Å². The molecule has 0 aliphatic rings. The molecule has 0 fully saturated rings. The third-order valence-corrected chi connectivity index (χ3v) is 4.62. The molecule has 0 amide bonds. The Balaban J connectivity index is 2.03. The number of fused-ring (bicyclic) bond motifs is 1. The number of para-hydroxylation sites is 1. The van der Waals surface area contributed by atoms with Crippen LogP contribution < -0.4 is 5.73 Å². The first-order valence-electron chi connectivity index (χ1n) is 5.21. The Hall–Kier alpha value is -1.52. The van der Waals surface area contributed by atoms with Gasteiger partial charge in [0.1, 0.15) is 0 Å². The molecule has 1 aromatic heterocycles. The number of hydrogen-bond donors (Lipinski definition) is 1. The molecule has 0 radical (unpaired) electrons. The molecule has 0 unspecified atom stereocenters. The maximum absolute atomic E-state index is 5.94. The van der Waals surface area contributed by atoms with E-state index >= 15 is 0 Å². The average Bonchev–Trinajstić information content (AvgIpc) is 2.76. The molecule has 3 rings (SSSR count). The van der Waals surface area contributed by atoms with Gasteiger partial charge in [0, 0.05) is 16.0 Å². The fourth-order valence-corrected chi connectivity index (χ4v) is 3.57. The van der Waals surface area contributed by atoms with Crippen LogP contribution in [0.2, 0.25) is 0 Å². The molecule has 4 heteroatoms. The number of nitrogen functional groups attached to an aromatic ring is 1. The molecule has 0 atom stereocenters. The number of hydrogen-bond acceptors (Lipinski definition) is 4. The van der Waals surface area contributed by atoms with Gasteiger partial charge in [0.15, 0.2) is 0 Å². The Morgan fingerprint density at radius 1 is 1.00 bits per heavy atom. The van der Waals surface area contributed by atoms with Crippen LogP contribution >= 0.6 is 23.3 Å². The van der Waals surface area contributed by atoms with Gasteiger partial charge in [-0.05, 0) is 29.7 Å². The SMILES string of the molecule is Nc1ccccc1Sc1snc2ccccc12. The van der Waals surface area contributed by atoms with Gasteiger partial charge in [-0.3, -0.25) is 0 Å². The maximum atomic E-state index is 5.94. The normalized spacial score (nSPS) is 10.8. The minimum absolute atomic E-state index is 0.815. The van der Waals surface area contributed by atoms with Gasteiger partial charge < -0.3 is 5.73 Å². The topological polar surface area (TPSA) is 38.9 Å². The number of rotatable bonds is 2. The second-order valence-corrected chi connectivity index (χ2v) is 5.71. The van der Waals surface area contributed by atoms with Crippen LogP contribution in [0.15, 0.2) is 57.6 Å². The monoisotopic (exact) mass is 258 g/mol. The Morgan fingerprint density at radius 2 is 1.76 bits per heavy atom. The number of nitrogens with two attached hydrogens (primary N) is 1. The van der Waals surface area contributed by atoms with Crippen LogP contribution in [0.1, 0.15) is 0 Å². The molecule has 0 aliphatic carbocycles. The summed E-state index contributed by atoms with van der Waals surface area (Å²) in [6.45, 7) is 0. The summed E-state index contributed by atoms with van der Waals surface area (Å²) < 4.78 is 5.62. The highest BCUT2D eigenvalue weighted by atomic mass is 32.2. The second kappa shape index (κ2) is 4.39. The van der Waals surface area contributed by atoms with Crippen molar-refractivity contribution in [1.82, 2.24) is 4.37 Å². The molecule has 0 saturated carbocycles. The van der Waals surface area contributed by atoms with Crippen LogP contribution in [-0.2, 0) is 0 Å². The highest BCUT2D eigenvalue weighted by Gasteiger charge is 2.08. The highest BCUT2D eigenvalue weighted by Crippen LogP contribution is 2.38. The molecule has 3 aromatic rings. The van der Waals surface area contributed by atoms with Crippen molar-refractivity contribution in [2.75, 3.05) is 5.73 Å². The van der Waals surface area contributed by atoms with Crippen LogP contribution in [-0.4, -0.2) is 4.37 Å². The van der Waals surface area contributed by atoms with Crippen molar-refractivity contribution in [3.05, 3.63) is 48.5 Å². The Kier molecular flexibility index (Phi) is 2.74. The van der Waals surface area contributed by atoms with Gasteiger partial charge in [0.05, 0.1) is 9.73 Å². The quantitative estimate of drug-likeness (QED) is 0.705. The Bertz CT molecular complexity index is 661. The van der Waals surface area contributed by atoms with Crippen molar-refractivity contribution in [3.63, 3.8) is 0 Å². The molecular weight excluding hydrogens is 248 g/mol. The summed E-state index contributed by atoms with van der Waals surface area (Å²) in [6, 6.07) is 16.1. The van der Waals surface area contributed by atoms with Crippen molar-refractivity contribution in [2.24, 2.45) is 0 Å². The van der Waals surface area contributed by atoms with Gasteiger partial charge in [-0.2, -0.15) is 4.37 Å². The van der Waals surface area contributed by atoms with E-state index in [0.29, 0.717) is 0 Å². The molecule has 2 N–H and O–H groups in total. The summed E-state index contributed by atoms with van der Waals surface area (Å²) >= 11 is 3.21. The smallest absolute Gasteiger partial charge is 0.0933 e. The van der Waals surface area contributed by atoms with Crippen LogP contribution in [0.25, 0.3) is 10.9 Å². The van der Waals surface area contributed by atoms with E-state index < -0.39 is 0 Å². The van der Waals surface area contributed by atoms with E-state index in [1.807, 2.05) is 42.5 Å². The van der Waals surface area contributed by atoms with E-state index in [-0.39, 0.29) is 0 Å². The predicted octanol–water partition coefficient (Wildman–Crippen LogP) is 4.03. The molecular formula is C13H10N2S2. The lowest BCUT2D eigenvalue weighted by molar-refractivity contribution is 1.46. The summed E-state index contributed by atoms with van der Waals surface area (Å²) in [4.78, 5) is 1.09. The summed E-state index contributed by atoms with van der Waals surface area (Å²) in [6.07, 6.45) is 0. The number of anilines is 1. The van der Waals surface area contributed by atoms with Crippen molar-refractivity contribution in [3.8, 4) is 0 Å². The highest BCUT2D eigenvalue weighted by molar-refractivity contribution is 8.01. The fraction of sp³-hybridized carbons (Fsp3) is 0. The third kappa shape index (κ3) is 2.01. The molecule has 2 aromatic carbocycles. The van der Waals surface area contributed by atoms with E-state index in [4.69, 9.17) is 5.73 Å². The zero-order valence-corrected chi connectivity index (χ0v) is 10.6. The van der Waals surface area contributed by atoms with E-state index in [0.717, 1.165) is 16.1 Å². The van der Waals surface area contributed by atoms with Gasteiger partial charge in [0.2, 0.25) is 0 Å². The first-order valence-corrected chi connectivity index (χ1v) is 6.80. The van der Waals surface area contributed by atoms with Crippen molar-refractivity contribution >= 4 is 39.9 Å². The van der Waals surface area contributed by atoms with Crippen LogP contribution in [0, 0.1) is 0 Å². The summed E-state index contributed by atoms with van der Waals surface area (Å²) in [5, 5.41) is 1.20. The maximum Gasteiger partial charge on any atom is 0.0933 e. The van der Waals surface area contributed by atoms with Gasteiger partial charge >= 0.3 is 0 Å². The molecule has 0 spiro atoms. The standard InChI is InChI=1S/C13H10N2S2/c14-10-6-2-4-8-12(10)16-13-9-5-1-3-7-11(9)15-17-13/h1-8H,14H2. The zero-order valence-electron chi connectivity index (χ0n) is 8.96. The number of aromatic nitrogens is 1. The zero-order chi connectivity index (χ0) is 11.7.